The molecule has 0 spiro atoms. The van der Waals surface area contributed by atoms with Gasteiger partial charge in [0.05, 0.1) is 0 Å². The summed E-state index contributed by atoms with van der Waals surface area (Å²) >= 11 is 0. The van der Waals surface area contributed by atoms with Crippen molar-refractivity contribution >= 4 is 11.9 Å². The molecule has 7 heteroatoms. The Hall–Kier alpha value is -2.88. The number of urea groups is 1. The van der Waals surface area contributed by atoms with Crippen LogP contribution in [0, 0.1) is 12.3 Å². The molecule has 3 rings (SSSR count). The summed E-state index contributed by atoms with van der Waals surface area (Å²) in [6.45, 7) is 0.885. The van der Waals surface area contributed by atoms with Crippen LogP contribution in [0.1, 0.15) is 50.5 Å². The Labute approximate surface area is 165 Å². The van der Waals surface area contributed by atoms with E-state index in [0.29, 0.717) is 45.2 Å². The van der Waals surface area contributed by atoms with E-state index in [9.17, 15) is 9.59 Å². The fourth-order valence-corrected chi connectivity index (χ4v) is 3.64. The quantitative estimate of drug-likeness (QED) is 0.574. The van der Waals surface area contributed by atoms with Crippen LogP contribution in [0.2, 0.25) is 0 Å². The molecule has 0 saturated heterocycles. The number of carbonyl (C=O) groups is 2. The van der Waals surface area contributed by atoms with Crippen molar-refractivity contribution in [2.75, 3.05) is 6.54 Å². The molecule has 1 aromatic rings. The van der Waals surface area contributed by atoms with Gasteiger partial charge in [0, 0.05) is 32.4 Å². The van der Waals surface area contributed by atoms with Gasteiger partial charge in [-0.15, -0.1) is 12.3 Å². The third kappa shape index (κ3) is 5.10. The number of benzene rings is 1. The molecular formula is C21H27N5O2. The van der Waals surface area contributed by atoms with Crippen molar-refractivity contribution in [2.24, 2.45) is 10.2 Å². The van der Waals surface area contributed by atoms with Crippen molar-refractivity contribution in [3.63, 3.8) is 0 Å². The predicted molar refractivity (Wildman–Crippen MR) is 106 cm³/mol. The fraction of sp³-hybridized carbons (Fsp3) is 0.524. The van der Waals surface area contributed by atoms with Crippen LogP contribution < -0.4 is 16.0 Å². The third-order valence-electron chi connectivity index (χ3n) is 5.40. The van der Waals surface area contributed by atoms with Crippen molar-refractivity contribution in [1.82, 2.24) is 16.0 Å². The zero-order valence-electron chi connectivity index (χ0n) is 16.0. The molecule has 1 heterocycles. The summed E-state index contributed by atoms with van der Waals surface area (Å²) in [7, 11) is 0. The number of nitrogens with one attached hydrogen (secondary N) is 3. The van der Waals surface area contributed by atoms with Crippen LogP contribution in [-0.4, -0.2) is 29.7 Å². The number of amides is 3. The van der Waals surface area contributed by atoms with Gasteiger partial charge >= 0.3 is 6.03 Å². The van der Waals surface area contributed by atoms with Gasteiger partial charge < -0.3 is 16.0 Å². The Bertz CT molecular complexity index is 757. The Balaban J connectivity index is 1.48. The summed E-state index contributed by atoms with van der Waals surface area (Å²) < 4.78 is 0. The Kier molecular flexibility index (Phi) is 6.30. The molecule has 1 aliphatic carbocycles. The number of hydrogen-bond acceptors (Lipinski definition) is 4. The first-order chi connectivity index (χ1) is 13.6. The predicted octanol–water partition coefficient (Wildman–Crippen LogP) is 2.88. The maximum atomic E-state index is 12.9. The lowest BCUT2D eigenvalue weighted by molar-refractivity contribution is -0.127. The Morgan fingerprint density at radius 3 is 2.43 bits per heavy atom. The van der Waals surface area contributed by atoms with E-state index in [4.69, 9.17) is 6.42 Å². The van der Waals surface area contributed by atoms with Gasteiger partial charge in [0.2, 0.25) is 5.91 Å². The summed E-state index contributed by atoms with van der Waals surface area (Å²) in [4.78, 5) is 25.2. The molecule has 2 aliphatic rings. The normalized spacial score (nSPS) is 18.1. The average molecular weight is 381 g/mol. The number of nitrogens with zero attached hydrogens (tertiary/aromatic N) is 2. The second kappa shape index (κ2) is 8.87. The first-order valence-corrected chi connectivity index (χ1v) is 9.83. The maximum absolute atomic E-state index is 12.9. The summed E-state index contributed by atoms with van der Waals surface area (Å²) in [6, 6.07) is 9.36. The third-order valence-corrected chi connectivity index (χ3v) is 5.40. The Morgan fingerprint density at radius 1 is 1.07 bits per heavy atom. The smallest absolute Gasteiger partial charge is 0.315 e. The number of carbonyl (C=O) groups excluding carboxylic acids is 2. The van der Waals surface area contributed by atoms with Crippen LogP contribution in [0.3, 0.4) is 0 Å². The largest absolute Gasteiger partial charge is 0.354 e. The van der Waals surface area contributed by atoms with Crippen LogP contribution in [0.5, 0.6) is 0 Å². The minimum absolute atomic E-state index is 0.132. The number of hydrogen-bond donors (Lipinski definition) is 3. The number of rotatable bonds is 9. The van der Waals surface area contributed by atoms with Crippen LogP contribution >= 0.6 is 0 Å². The van der Waals surface area contributed by atoms with Crippen molar-refractivity contribution in [3.8, 4) is 12.3 Å². The lowest BCUT2D eigenvalue weighted by atomic mass is 9.96. The highest BCUT2D eigenvalue weighted by atomic mass is 16.2. The van der Waals surface area contributed by atoms with Gasteiger partial charge in [0.15, 0.2) is 5.66 Å². The highest BCUT2D eigenvalue weighted by molar-refractivity contribution is 5.91. The fourth-order valence-electron chi connectivity index (χ4n) is 3.64. The standard InChI is InChI=1S/C21H27N5O2/c1-2-3-13-21(25-26-21)14-15-22-18(27)20(11-7-8-12-20)24-19(28)23-16-17-9-5-4-6-10-17/h1,4-6,9-10H,3,7-8,11-16H2,(H,22,27)(H2,23,24,28). The van der Waals surface area contributed by atoms with Crippen LogP contribution in [0.25, 0.3) is 0 Å². The van der Waals surface area contributed by atoms with Gasteiger partial charge in [-0.25, -0.2) is 4.79 Å². The second-order valence-corrected chi connectivity index (χ2v) is 7.47. The molecule has 0 radical (unpaired) electrons. The summed E-state index contributed by atoms with van der Waals surface area (Å²) in [5, 5.41) is 16.9. The zero-order chi connectivity index (χ0) is 19.9. The summed E-state index contributed by atoms with van der Waals surface area (Å²) in [5.74, 6) is 2.47. The van der Waals surface area contributed by atoms with Gasteiger partial charge in [0.1, 0.15) is 5.54 Å². The molecule has 7 nitrogen and oxygen atoms in total. The minimum atomic E-state index is -0.843. The highest BCUT2D eigenvalue weighted by Gasteiger charge is 2.43. The monoisotopic (exact) mass is 381 g/mol. The lowest BCUT2D eigenvalue weighted by Crippen LogP contribution is -2.59. The molecule has 0 unspecified atom stereocenters. The number of terminal acetylenes is 1. The second-order valence-electron chi connectivity index (χ2n) is 7.47. The average Bonchev–Trinajstić information content (AvgIpc) is 3.32. The molecule has 0 bridgehead atoms. The summed E-state index contributed by atoms with van der Waals surface area (Å²) in [6.07, 6.45) is 10.4. The van der Waals surface area contributed by atoms with Crippen molar-refractivity contribution in [3.05, 3.63) is 35.9 Å². The molecule has 3 N–H and O–H groups in total. The van der Waals surface area contributed by atoms with Crippen molar-refractivity contribution in [1.29, 1.82) is 0 Å². The van der Waals surface area contributed by atoms with Gasteiger partial charge in [-0.05, 0) is 18.4 Å². The topological polar surface area (TPSA) is 95.0 Å². The molecule has 28 heavy (non-hydrogen) atoms. The SMILES string of the molecule is C#CCCC1(CCNC(=O)C2(NC(=O)NCc3ccccc3)CCCC2)N=N1. The van der Waals surface area contributed by atoms with E-state index in [-0.39, 0.29) is 11.9 Å². The molecule has 1 fully saturated rings. The molecule has 1 saturated carbocycles. The first-order valence-electron chi connectivity index (χ1n) is 9.83. The molecule has 0 atom stereocenters. The minimum Gasteiger partial charge on any atom is -0.354 e. The highest BCUT2D eigenvalue weighted by Crippen LogP contribution is 2.36. The van der Waals surface area contributed by atoms with E-state index < -0.39 is 11.2 Å². The molecule has 1 aliphatic heterocycles. The molecule has 148 valence electrons. The maximum Gasteiger partial charge on any atom is 0.315 e. The van der Waals surface area contributed by atoms with Gasteiger partial charge in [-0.1, -0.05) is 43.2 Å². The van der Waals surface area contributed by atoms with Crippen LogP contribution in [0.4, 0.5) is 4.79 Å². The van der Waals surface area contributed by atoms with Crippen molar-refractivity contribution < 1.29 is 9.59 Å². The van der Waals surface area contributed by atoms with Gasteiger partial charge in [-0.2, -0.15) is 10.2 Å². The first kappa shape index (κ1) is 19.9. The molecule has 1 aromatic carbocycles. The summed E-state index contributed by atoms with van der Waals surface area (Å²) in [5.41, 5.74) is -0.245. The van der Waals surface area contributed by atoms with Gasteiger partial charge in [-0.3, -0.25) is 4.79 Å². The molecule has 0 aromatic heterocycles. The van der Waals surface area contributed by atoms with E-state index >= 15 is 0 Å². The van der Waals surface area contributed by atoms with Crippen LogP contribution in [-0.2, 0) is 11.3 Å². The van der Waals surface area contributed by atoms with E-state index in [1.165, 1.54) is 0 Å². The molecule has 3 amide bonds. The lowest BCUT2D eigenvalue weighted by Gasteiger charge is -2.29. The van der Waals surface area contributed by atoms with E-state index in [2.05, 4.69) is 32.1 Å². The molecular weight excluding hydrogens is 354 g/mol. The van der Waals surface area contributed by atoms with Crippen molar-refractivity contribution in [2.45, 2.75) is 62.7 Å². The van der Waals surface area contributed by atoms with E-state index in [1.54, 1.807) is 0 Å². The zero-order valence-corrected chi connectivity index (χ0v) is 16.0. The van der Waals surface area contributed by atoms with E-state index in [1.807, 2.05) is 30.3 Å². The van der Waals surface area contributed by atoms with Gasteiger partial charge in [0.25, 0.3) is 0 Å². The van der Waals surface area contributed by atoms with Crippen LogP contribution in [0.15, 0.2) is 40.6 Å². The van der Waals surface area contributed by atoms with E-state index in [0.717, 1.165) is 18.4 Å². The Morgan fingerprint density at radius 2 is 1.79 bits per heavy atom.